The smallest absolute Gasteiger partial charge is 0.224 e. The van der Waals surface area contributed by atoms with Gasteiger partial charge >= 0.3 is 0 Å². The van der Waals surface area contributed by atoms with Crippen molar-refractivity contribution in [3.8, 4) is 11.1 Å². The number of hydrogen-bond acceptors (Lipinski definition) is 4. The van der Waals surface area contributed by atoms with Crippen LogP contribution in [0.1, 0.15) is 24.6 Å². The largest absolute Gasteiger partial charge is 0.404 e. The highest BCUT2D eigenvalue weighted by atomic mass is 16.1. The molecule has 4 rings (SSSR count). The molecule has 1 aromatic heterocycles. The van der Waals surface area contributed by atoms with Crippen LogP contribution in [0.3, 0.4) is 0 Å². The third-order valence-corrected chi connectivity index (χ3v) is 5.34. The third-order valence-electron chi connectivity index (χ3n) is 5.34. The van der Waals surface area contributed by atoms with Gasteiger partial charge in [-0.15, -0.1) is 0 Å². The van der Waals surface area contributed by atoms with Gasteiger partial charge in [-0.05, 0) is 46.5 Å². The number of fused-ring (bicyclic) bond motifs is 2. The Morgan fingerprint density at radius 1 is 1.21 bits per heavy atom. The van der Waals surface area contributed by atoms with E-state index in [1.165, 1.54) is 11.8 Å². The lowest BCUT2D eigenvalue weighted by atomic mass is 9.89. The molecule has 2 aromatic carbocycles. The van der Waals surface area contributed by atoms with Gasteiger partial charge in [0.1, 0.15) is 0 Å². The van der Waals surface area contributed by atoms with Gasteiger partial charge in [0.25, 0.3) is 0 Å². The molecule has 0 saturated carbocycles. The van der Waals surface area contributed by atoms with Crippen LogP contribution in [0.2, 0.25) is 0 Å². The van der Waals surface area contributed by atoms with E-state index in [0.29, 0.717) is 12.3 Å². The van der Waals surface area contributed by atoms with E-state index in [1.54, 1.807) is 13.3 Å². The number of nitrogens with one attached hydrogen (secondary N) is 1. The van der Waals surface area contributed by atoms with Gasteiger partial charge in [-0.3, -0.25) is 14.8 Å². The molecule has 0 bridgehead atoms. The average Bonchev–Trinajstić information content (AvgIpc) is 2.87. The standard InChI is InChI=1S/C24H24N4O/c1-15-9-20-18(7-4-8-22(20)28-24(29)10-15)19-6-3-5-16-11-23(27-14-21(16)19)17(12-25)13-26-2/h3-8,11-15H,9-10,25H2,1-2H3,(H,28,29)/t15-/m0/s1. The van der Waals surface area contributed by atoms with Crippen molar-refractivity contribution < 1.29 is 4.79 Å². The lowest BCUT2D eigenvalue weighted by Gasteiger charge is -2.16. The number of aliphatic imine (C=N–C) groups is 1. The Balaban J connectivity index is 1.88. The van der Waals surface area contributed by atoms with Gasteiger partial charge in [-0.25, -0.2) is 0 Å². The molecule has 3 N–H and O–H groups in total. The summed E-state index contributed by atoms with van der Waals surface area (Å²) in [6.07, 6.45) is 6.53. The maximum Gasteiger partial charge on any atom is 0.224 e. The molecule has 2 heterocycles. The number of carbonyl (C=O) groups is 1. The van der Waals surface area contributed by atoms with Crippen molar-refractivity contribution in [3.63, 3.8) is 0 Å². The van der Waals surface area contributed by atoms with E-state index in [4.69, 9.17) is 5.73 Å². The minimum atomic E-state index is 0.0799. The highest BCUT2D eigenvalue weighted by Crippen LogP contribution is 2.37. The predicted octanol–water partition coefficient (Wildman–Crippen LogP) is 4.42. The SMILES string of the molecule is CN=CC(=CN)c1cc2cccc(-c3cccc4c3C[C@H](C)CC(=O)N4)c2cn1. The molecule has 0 saturated heterocycles. The molecule has 1 amide bonds. The van der Waals surface area contributed by atoms with E-state index in [2.05, 4.69) is 46.5 Å². The quantitative estimate of drug-likeness (QED) is 0.656. The number of nitrogens with zero attached hydrogens (tertiary/aromatic N) is 2. The summed E-state index contributed by atoms with van der Waals surface area (Å²) in [6, 6.07) is 14.4. The molecule has 0 radical (unpaired) electrons. The molecule has 0 aliphatic carbocycles. The zero-order chi connectivity index (χ0) is 20.4. The summed E-state index contributed by atoms with van der Waals surface area (Å²) in [6.45, 7) is 2.12. The van der Waals surface area contributed by atoms with E-state index in [9.17, 15) is 4.79 Å². The minimum absolute atomic E-state index is 0.0799. The highest BCUT2D eigenvalue weighted by Gasteiger charge is 2.21. The van der Waals surface area contributed by atoms with E-state index in [-0.39, 0.29) is 5.91 Å². The minimum Gasteiger partial charge on any atom is -0.404 e. The van der Waals surface area contributed by atoms with Gasteiger partial charge in [-0.2, -0.15) is 0 Å². The number of hydrogen-bond donors (Lipinski definition) is 2. The fraction of sp³-hybridized carbons (Fsp3) is 0.208. The van der Waals surface area contributed by atoms with Crippen molar-refractivity contribution in [1.82, 2.24) is 4.98 Å². The van der Waals surface area contributed by atoms with Gasteiger partial charge in [0.15, 0.2) is 0 Å². The molecule has 146 valence electrons. The molecule has 1 aliphatic heterocycles. The number of amides is 1. The summed E-state index contributed by atoms with van der Waals surface area (Å²) in [4.78, 5) is 20.8. The first kappa shape index (κ1) is 18.9. The Hall–Kier alpha value is -3.47. The second kappa shape index (κ2) is 7.87. The first-order valence-electron chi connectivity index (χ1n) is 9.76. The maximum absolute atomic E-state index is 12.2. The van der Waals surface area contributed by atoms with Crippen molar-refractivity contribution in [3.05, 3.63) is 66.1 Å². The zero-order valence-corrected chi connectivity index (χ0v) is 16.6. The molecule has 0 unspecified atom stereocenters. The van der Waals surface area contributed by atoms with Crippen LogP contribution < -0.4 is 11.1 Å². The second-order valence-corrected chi connectivity index (χ2v) is 7.50. The maximum atomic E-state index is 12.2. The number of carbonyl (C=O) groups excluding carboxylic acids is 1. The van der Waals surface area contributed by atoms with Gasteiger partial charge in [0.05, 0.1) is 5.69 Å². The van der Waals surface area contributed by atoms with E-state index in [1.807, 2.05) is 24.4 Å². The molecular weight excluding hydrogens is 360 g/mol. The Morgan fingerprint density at radius 3 is 2.79 bits per heavy atom. The lowest BCUT2D eigenvalue weighted by Crippen LogP contribution is -2.11. The molecule has 3 aromatic rings. The van der Waals surface area contributed by atoms with E-state index < -0.39 is 0 Å². The molecule has 5 nitrogen and oxygen atoms in total. The average molecular weight is 384 g/mol. The van der Waals surface area contributed by atoms with Crippen molar-refractivity contribution in [2.75, 3.05) is 12.4 Å². The number of benzene rings is 2. The lowest BCUT2D eigenvalue weighted by molar-refractivity contribution is -0.116. The predicted molar refractivity (Wildman–Crippen MR) is 120 cm³/mol. The fourth-order valence-electron chi connectivity index (χ4n) is 4.01. The van der Waals surface area contributed by atoms with Gasteiger partial charge in [-0.1, -0.05) is 37.3 Å². The van der Waals surface area contributed by atoms with Gasteiger partial charge in [0.2, 0.25) is 5.91 Å². The highest BCUT2D eigenvalue weighted by molar-refractivity contribution is 6.10. The van der Waals surface area contributed by atoms with Gasteiger partial charge < -0.3 is 11.1 Å². The summed E-state index contributed by atoms with van der Waals surface area (Å²) >= 11 is 0. The molecule has 29 heavy (non-hydrogen) atoms. The second-order valence-electron chi connectivity index (χ2n) is 7.50. The summed E-state index contributed by atoms with van der Waals surface area (Å²) in [7, 11) is 1.71. The van der Waals surface area contributed by atoms with Crippen LogP contribution in [0.5, 0.6) is 0 Å². The van der Waals surface area contributed by atoms with Crippen molar-refractivity contribution >= 4 is 34.2 Å². The third kappa shape index (κ3) is 3.63. The van der Waals surface area contributed by atoms with Crippen LogP contribution in [0, 0.1) is 5.92 Å². The first-order valence-corrected chi connectivity index (χ1v) is 9.76. The van der Waals surface area contributed by atoms with E-state index in [0.717, 1.165) is 45.3 Å². The van der Waals surface area contributed by atoms with Crippen LogP contribution in [-0.2, 0) is 11.2 Å². The fourth-order valence-corrected chi connectivity index (χ4v) is 4.01. The monoisotopic (exact) mass is 384 g/mol. The molecule has 0 spiro atoms. The van der Waals surface area contributed by atoms with Crippen LogP contribution in [0.4, 0.5) is 5.69 Å². The van der Waals surface area contributed by atoms with Crippen molar-refractivity contribution in [2.45, 2.75) is 19.8 Å². The molecule has 0 fully saturated rings. The van der Waals surface area contributed by atoms with Crippen molar-refractivity contribution in [1.29, 1.82) is 0 Å². The van der Waals surface area contributed by atoms with Crippen LogP contribution in [0.25, 0.3) is 27.5 Å². The molecule has 1 aliphatic rings. The number of pyridine rings is 1. The Morgan fingerprint density at radius 2 is 2.00 bits per heavy atom. The number of nitrogens with two attached hydrogens (primary N) is 1. The number of anilines is 1. The summed E-state index contributed by atoms with van der Waals surface area (Å²) in [5.41, 5.74) is 11.7. The van der Waals surface area contributed by atoms with Crippen molar-refractivity contribution in [2.24, 2.45) is 16.6 Å². The molecular formula is C24H24N4O. The van der Waals surface area contributed by atoms with E-state index >= 15 is 0 Å². The summed E-state index contributed by atoms with van der Waals surface area (Å²) in [5, 5.41) is 5.22. The number of allylic oxidation sites excluding steroid dienone is 1. The summed E-state index contributed by atoms with van der Waals surface area (Å²) in [5.74, 6) is 0.374. The Kier molecular flexibility index (Phi) is 5.12. The Labute approximate surface area is 170 Å². The van der Waals surface area contributed by atoms with Crippen LogP contribution in [0.15, 0.2) is 59.9 Å². The topological polar surface area (TPSA) is 80.4 Å². The van der Waals surface area contributed by atoms with Crippen LogP contribution in [-0.4, -0.2) is 24.2 Å². The summed E-state index contributed by atoms with van der Waals surface area (Å²) < 4.78 is 0. The molecule has 5 heteroatoms. The number of rotatable bonds is 3. The zero-order valence-electron chi connectivity index (χ0n) is 16.6. The Bertz CT molecular complexity index is 1150. The normalized spacial score (nSPS) is 17.2. The van der Waals surface area contributed by atoms with Gasteiger partial charge in [0, 0.05) is 48.7 Å². The van der Waals surface area contributed by atoms with Crippen LogP contribution >= 0.6 is 0 Å². The number of aromatic nitrogens is 1. The first-order chi connectivity index (χ1) is 14.1. The molecule has 1 atom stereocenters.